The lowest BCUT2D eigenvalue weighted by molar-refractivity contribution is -0.143. The van der Waals surface area contributed by atoms with E-state index in [2.05, 4.69) is 69.1 Å². The minimum atomic E-state index is -1.76. The van der Waals surface area contributed by atoms with Crippen LogP contribution in [0.5, 0.6) is 0 Å². The van der Waals surface area contributed by atoms with Crippen molar-refractivity contribution in [1.82, 2.24) is 69.1 Å². The molecule has 0 saturated heterocycles. The minimum Gasteiger partial charge on any atom is -0.481 e. The molecule has 2 rings (SSSR count). The average molecular weight is 1860 g/mol. The normalized spacial score (nSPS) is 13.6. The zero-order valence-electron chi connectivity index (χ0n) is 73.7. The molecule has 0 aliphatic carbocycles. The van der Waals surface area contributed by atoms with E-state index in [1.807, 2.05) is 13.8 Å². The molecule has 732 valence electrons. The van der Waals surface area contributed by atoms with E-state index < -0.39 is 288 Å². The van der Waals surface area contributed by atoms with Crippen LogP contribution >= 0.6 is 0 Å². The van der Waals surface area contributed by atoms with Gasteiger partial charge in [0.15, 0.2) is 0 Å². The third kappa shape index (κ3) is 53.3. The molecule has 0 aromatic heterocycles. The van der Waals surface area contributed by atoms with Crippen LogP contribution in [0.2, 0.25) is 0 Å². The SMILES string of the molecule is CC(C)C[C@H](NC(=O)[C@@H](N)CCCCN)C(=O)N[C@H](C(=O)N[C@@H](Cc1ccccc1)C(=O)N[C@@H](Cc1ccccc1)C(=O)N[C@@H](CCC(=O)O)C(=O)N[C@@H](CCC(=O)O)C(=O)NCCOCCOCC(=O)N[C@@H](CCC(=O)O)C(=O)N[C@@H](CCC(=O)O)C(=O)NCCOCCOCC(=O)N[C@@H](CCC(=O)O)C(=O)N[C@@H](CCC(=O)O)C(=O)NCCOCCOCC(=O)O)C(C)C. The Kier molecular flexibility index (Phi) is 57.7. The number of carboxylic acids is 7. The van der Waals surface area contributed by atoms with Gasteiger partial charge in [0.1, 0.15) is 80.2 Å². The van der Waals surface area contributed by atoms with Crippen molar-refractivity contribution in [2.24, 2.45) is 23.3 Å². The van der Waals surface area contributed by atoms with Crippen LogP contribution < -0.4 is 80.6 Å². The van der Waals surface area contributed by atoms with Gasteiger partial charge in [0.05, 0.1) is 65.5 Å². The lowest BCUT2D eigenvalue weighted by atomic mass is 9.98. The first-order valence-corrected chi connectivity index (χ1v) is 42.6. The van der Waals surface area contributed by atoms with Gasteiger partial charge in [-0.3, -0.25) is 91.1 Å². The Morgan fingerprint density at radius 3 is 0.893 bits per heavy atom. The maximum atomic E-state index is 14.8. The first-order chi connectivity index (χ1) is 62.2. The first kappa shape index (κ1) is 115. The number of nitrogens with one attached hydrogen (secondary N) is 13. The lowest BCUT2D eigenvalue weighted by Crippen LogP contribution is -2.61. The number of carbonyl (C=O) groups is 20. The Hall–Kier alpha value is -12.5. The van der Waals surface area contributed by atoms with Crippen LogP contribution in [-0.4, -0.2) is 326 Å². The van der Waals surface area contributed by atoms with Gasteiger partial charge >= 0.3 is 41.8 Å². The van der Waals surface area contributed by atoms with Crippen molar-refractivity contribution < 1.29 is 160 Å². The van der Waals surface area contributed by atoms with Gasteiger partial charge in [-0.2, -0.15) is 0 Å². The van der Waals surface area contributed by atoms with E-state index in [0.717, 1.165) is 0 Å². The molecule has 0 aliphatic heterocycles. The van der Waals surface area contributed by atoms with E-state index >= 15 is 0 Å². The number of unbranched alkanes of at least 4 members (excludes halogenated alkanes) is 1. The Bertz CT molecular complexity index is 4000. The highest BCUT2D eigenvalue weighted by Crippen LogP contribution is 2.15. The summed E-state index contributed by atoms with van der Waals surface area (Å²) in [5.74, 6) is -22.1. The summed E-state index contributed by atoms with van der Waals surface area (Å²) in [5, 5.41) is 97.7. The van der Waals surface area contributed by atoms with Gasteiger partial charge in [-0.05, 0) is 87.3 Å². The van der Waals surface area contributed by atoms with E-state index in [-0.39, 0.29) is 104 Å². The lowest BCUT2D eigenvalue weighted by Gasteiger charge is -2.29. The van der Waals surface area contributed by atoms with Crippen LogP contribution in [0.1, 0.15) is 142 Å². The summed E-state index contributed by atoms with van der Waals surface area (Å²) in [5.41, 5.74) is 12.8. The van der Waals surface area contributed by atoms with E-state index in [1.54, 1.807) is 74.5 Å². The number of amides is 13. The molecule has 13 amide bonds. The number of rotatable bonds is 74. The van der Waals surface area contributed by atoms with Crippen LogP contribution in [0, 0.1) is 11.8 Å². The number of ether oxygens (including phenoxy) is 6. The fraction of sp³-hybridized carbons (Fsp3) is 0.614. The third-order valence-electron chi connectivity index (χ3n) is 18.9. The zero-order chi connectivity index (χ0) is 97.8. The number of nitrogens with two attached hydrogens (primary N) is 2. The van der Waals surface area contributed by atoms with Crippen LogP contribution in [0.15, 0.2) is 60.7 Å². The number of hydrogen-bond acceptors (Lipinski definition) is 28. The Morgan fingerprint density at radius 2 is 0.580 bits per heavy atom. The van der Waals surface area contributed by atoms with Gasteiger partial charge in [0, 0.05) is 71.0 Å². The second-order valence-electron chi connectivity index (χ2n) is 30.7. The molecule has 2 aromatic rings. The maximum Gasteiger partial charge on any atom is 0.329 e. The van der Waals surface area contributed by atoms with Crippen molar-refractivity contribution in [2.45, 2.75) is 210 Å². The molecule has 0 saturated carbocycles. The molecule has 24 N–H and O–H groups in total. The summed E-state index contributed by atoms with van der Waals surface area (Å²) in [4.78, 5) is 259. The molecule has 0 fully saturated rings. The fourth-order valence-corrected chi connectivity index (χ4v) is 12.1. The first-order valence-electron chi connectivity index (χ1n) is 42.6. The molecule has 48 heteroatoms. The van der Waals surface area contributed by atoms with E-state index in [4.69, 9.17) is 45.0 Å². The fourth-order valence-electron chi connectivity index (χ4n) is 12.1. The predicted molar refractivity (Wildman–Crippen MR) is 458 cm³/mol. The molecular weight excluding hydrogens is 1730 g/mol. The van der Waals surface area contributed by atoms with Gasteiger partial charge in [-0.25, -0.2) is 4.79 Å². The van der Waals surface area contributed by atoms with Crippen LogP contribution in [0.25, 0.3) is 0 Å². The van der Waals surface area contributed by atoms with E-state index in [1.165, 1.54) is 0 Å². The Morgan fingerprint density at radius 1 is 0.298 bits per heavy atom. The molecule has 0 heterocycles. The van der Waals surface area contributed by atoms with Crippen molar-refractivity contribution in [3.63, 3.8) is 0 Å². The quantitative estimate of drug-likeness (QED) is 0.0276. The number of carboxylic acid groups (broad SMARTS) is 7. The van der Waals surface area contributed by atoms with Gasteiger partial charge in [0.25, 0.3) is 0 Å². The molecule has 0 bridgehead atoms. The summed E-state index contributed by atoms with van der Waals surface area (Å²) in [7, 11) is 0. The van der Waals surface area contributed by atoms with Gasteiger partial charge in [0.2, 0.25) is 76.8 Å². The average Bonchev–Trinajstić information content (AvgIpc) is 0.845. The monoisotopic (exact) mass is 1860 g/mol. The van der Waals surface area contributed by atoms with Crippen molar-refractivity contribution in [2.75, 3.05) is 105 Å². The molecule has 0 unspecified atom stereocenters. The summed E-state index contributed by atoms with van der Waals surface area (Å²) in [6.45, 7) is 2.87. The van der Waals surface area contributed by atoms with Gasteiger partial charge < -0.3 is 145 Å². The Balaban J connectivity index is 2.11. The van der Waals surface area contributed by atoms with Crippen molar-refractivity contribution in [3.8, 4) is 0 Å². The standard InChI is InChI=1S/C83H127N15O33/c1-49(2)43-60(95-73(115)53(85)17-11-12-30-84)82(124)98-72(50(3)4)83(125)97-62(45-52-15-9-6-10-16-52)81(123)96-61(44-51-13-7-5-8-14-51)80(122)94-59(23-29-70(111)112)79(121)93-56(20-26-67(105)106)76(118)88-32-35-127-38-41-130-47-64(100)89-57(21-27-68(107)108)77(119)91-54(18-24-65(101)102)74(116)86-31-34-126-37-40-129-46-63(99)90-58(22-28-69(109)110)78(120)92-55(19-25-66(103)104)75(117)87-33-36-128-39-42-131-48-71(113)114/h5-10,13-16,49-50,53-62,72H,11-12,17-48,84-85H2,1-4H3,(H,86,116)(H,87,117)(H,88,118)(H,89,100)(H,90,99)(H,91,119)(H,92,120)(H,93,121)(H,94,122)(H,95,115)(H,96,123)(H,97,125)(H,98,124)(H,101,102)(H,103,104)(H,105,106)(H,107,108)(H,109,110)(H,111,112)(H,113,114)/t53-,54-,55-,56-,57-,58-,59-,60-,61-,62-,72-/m0/s1. The minimum absolute atomic E-state index is 0.0301. The topological polar surface area (TPSA) is 747 Å². The Labute approximate surface area is 755 Å². The van der Waals surface area contributed by atoms with Crippen LogP contribution in [-0.2, 0) is 137 Å². The molecule has 131 heavy (non-hydrogen) atoms. The van der Waals surface area contributed by atoms with Crippen molar-refractivity contribution in [1.29, 1.82) is 0 Å². The second kappa shape index (κ2) is 66.0. The highest BCUT2D eigenvalue weighted by molar-refractivity contribution is 5.99. The second-order valence-corrected chi connectivity index (χ2v) is 30.7. The maximum absolute atomic E-state index is 14.8. The van der Waals surface area contributed by atoms with Crippen molar-refractivity contribution in [3.05, 3.63) is 71.8 Å². The largest absolute Gasteiger partial charge is 0.481 e. The summed E-state index contributed by atoms with van der Waals surface area (Å²) in [6, 6.07) is 0.649. The highest BCUT2D eigenvalue weighted by Gasteiger charge is 2.37. The molecule has 0 spiro atoms. The molecular formula is C83H127N15O33. The predicted octanol–water partition coefficient (Wildman–Crippen LogP) is -4.80. The molecule has 0 radical (unpaired) electrons. The van der Waals surface area contributed by atoms with Crippen LogP contribution in [0.3, 0.4) is 0 Å². The molecule has 48 nitrogen and oxygen atoms in total. The van der Waals surface area contributed by atoms with E-state index in [0.29, 0.717) is 36.9 Å². The van der Waals surface area contributed by atoms with Crippen LogP contribution in [0.4, 0.5) is 0 Å². The molecule has 11 atom stereocenters. The number of hydrogen-bond donors (Lipinski definition) is 22. The summed E-state index contributed by atoms with van der Waals surface area (Å²) in [6.07, 6.45) is -5.78. The van der Waals surface area contributed by atoms with Crippen molar-refractivity contribution >= 4 is 119 Å². The molecule has 0 aliphatic rings. The smallest absolute Gasteiger partial charge is 0.329 e. The molecule has 2 aromatic carbocycles. The zero-order valence-corrected chi connectivity index (χ0v) is 73.7. The highest BCUT2D eigenvalue weighted by atomic mass is 16.5. The third-order valence-corrected chi connectivity index (χ3v) is 18.9. The summed E-state index contributed by atoms with van der Waals surface area (Å²) < 4.78 is 31.6. The van der Waals surface area contributed by atoms with Gasteiger partial charge in [-0.15, -0.1) is 0 Å². The van der Waals surface area contributed by atoms with E-state index in [9.17, 15) is 127 Å². The summed E-state index contributed by atoms with van der Waals surface area (Å²) >= 11 is 0. The number of aliphatic carboxylic acids is 7. The number of benzene rings is 2. The number of carbonyl (C=O) groups excluding carboxylic acids is 13. The van der Waals surface area contributed by atoms with Gasteiger partial charge in [-0.1, -0.05) is 94.8 Å².